The van der Waals surface area contributed by atoms with Crippen LogP contribution >= 0.6 is 50.9 Å². The van der Waals surface area contributed by atoms with Crippen LogP contribution in [0.5, 0.6) is 0 Å². The number of benzene rings is 2. The molecule has 108 valence electrons. The molecular formula is C14H10BrCl2N3S. The number of rotatable bonds is 3. The Hall–Kier alpha value is -0.880. The minimum atomic E-state index is 0.0751. The first-order valence-corrected chi connectivity index (χ1v) is 8.46. The van der Waals surface area contributed by atoms with Gasteiger partial charge in [0.25, 0.3) is 0 Å². The Bertz CT molecular complexity index is 806. The highest BCUT2D eigenvalue weighted by Crippen LogP contribution is 2.37. The molecule has 0 saturated carbocycles. The van der Waals surface area contributed by atoms with E-state index in [4.69, 9.17) is 23.2 Å². The Labute approximate surface area is 144 Å². The lowest BCUT2D eigenvalue weighted by Crippen LogP contribution is -2.07. The molecule has 3 nitrogen and oxygen atoms in total. The van der Waals surface area contributed by atoms with Crippen LogP contribution in [0.3, 0.4) is 0 Å². The van der Waals surface area contributed by atoms with Crippen LogP contribution in [-0.4, -0.2) is 8.75 Å². The maximum Gasteiger partial charge on any atom is 0.130 e. The van der Waals surface area contributed by atoms with Crippen molar-refractivity contribution in [3.05, 3.63) is 50.4 Å². The van der Waals surface area contributed by atoms with Gasteiger partial charge in [0, 0.05) is 10.5 Å². The van der Waals surface area contributed by atoms with Crippen molar-refractivity contribution >= 4 is 67.6 Å². The summed E-state index contributed by atoms with van der Waals surface area (Å²) in [6.45, 7) is 2.07. The van der Waals surface area contributed by atoms with Crippen LogP contribution in [0.1, 0.15) is 18.5 Å². The van der Waals surface area contributed by atoms with E-state index in [-0.39, 0.29) is 6.04 Å². The zero-order valence-corrected chi connectivity index (χ0v) is 14.8. The Morgan fingerprint density at radius 2 is 1.90 bits per heavy atom. The fourth-order valence-electron chi connectivity index (χ4n) is 2.09. The van der Waals surface area contributed by atoms with Gasteiger partial charge in [-0.1, -0.05) is 51.3 Å². The van der Waals surface area contributed by atoms with Gasteiger partial charge in [-0.15, -0.1) is 0 Å². The number of fused-ring (bicyclic) bond motifs is 1. The summed E-state index contributed by atoms with van der Waals surface area (Å²) in [7, 11) is 0. The van der Waals surface area contributed by atoms with Crippen LogP contribution in [0, 0.1) is 0 Å². The van der Waals surface area contributed by atoms with Crippen LogP contribution < -0.4 is 5.32 Å². The van der Waals surface area contributed by atoms with Crippen molar-refractivity contribution in [1.29, 1.82) is 0 Å². The Morgan fingerprint density at radius 1 is 1.14 bits per heavy atom. The quantitative estimate of drug-likeness (QED) is 0.589. The van der Waals surface area contributed by atoms with E-state index in [2.05, 4.69) is 49.1 Å². The van der Waals surface area contributed by atoms with Gasteiger partial charge in [0.05, 0.1) is 27.5 Å². The number of hydrogen-bond acceptors (Lipinski definition) is 4. The summed E-state index contributed by atoms with van der Waals surface area (Å²) in [6, 6.07) is 9.89. The van der Waals surface area contributed by atoms with Crippen molar-refractivity contribution in [3.63, 3.8) is 0 Å². The zero-order valence-electron chi connectivity index (χ0n) is 10.9. The van der Waals surface area contributed by atoms with Gasteiger partial charge in [-0.05, 0) is 30.7 Å². The molecule has 0 aliphatic rings. The minimum Gasteiger partial charge on any atom is -0.375 e. The van der Waals surface area contributed by atoms with Crippen molar-refractivity contribution in [2.45, 2.75) is 13.0 Å². The smallest absolute Gasteiger partial charge is 0.130 e. The second-order valence-electron chi connectivity index (χ2n) is 4.60. The van der Waals surface area contributed by atoms with Gasteiger partial charge in [-0.2, -0.15) is 8.75 Å². The number of nitrogens with one attached hydrogen (secondary N) is 1. The topological polar surface area (TPSA) is 37.8 Å². The highest BCUT2D eigenvalue weighted by molar-refractivity contribution is 9.10. The van der Waals surface area contributed by atoms with E-state index < -0.39 is 0 Å². The van der Waals surface area contributed by atoms with Crippen molar-refractivity contribution in [2.24, 2.45) is 0 Å². The Morgan fingerprint density at radius 3 is 2.67 bits per heavy atom. The third kappa shape index (κ3) is 3.01. The fourth-order valence-corrected chi connectivity index (χ4v) is 3.67. The summed E-state index contributed by atoms with van der Waals surface area (Å²) < 4.78 is 9.54. The molecule has 0 spiro atoms. The lowest BCUT2D eigenvalue weighted by Gasteiger charge is -2.17. The summed E-state index contributed by atoms with van der Waals surface area (Å²) in [5.74, 6) is 0. The highest BCUT2D eigenvalue weighted by Gasteiger charge is 2.16. The standard InChI is InChI=1S/C14H10BrCl2N3S/c1-7(8-3-2-4-9(15)5-8)18-12-10(16)6-11(17)13-14(12)20-21-19-13/h2-7,18H,1H3. The monoisotopic (exact) mass is 401 g/mol. The van der Waals surface area contributed by atoms with Crippen LogP contribution in [0.15, 0.2) is 34.8 Å². The molecule has 2 aromatic carbocycles. The van der Waals surface area contributed by atoms with E-state index in [9.17, 15) is 0 Å². The average molecular weight is 403 g/mol. The van der Waals surface area contributed by atoms with Gasteiger partial charge in [0.15, 0.2) is 0 Å². The van der Waals surface area contributed by atoms with Crippen LogP contribution in [0.4, 0.5) is 5.69 Å². The van der Waals surface area contributed by atoms with Crippen molar-refractivity contribution < 1.29 is 0 Å². The third-order valence-electron chi connectivity index (χ3n) is 3.15. The molecule has 0 bridgehead atoms. The Kier molecular flexibility index (Phi) is 4.36. The van der Waals surface area contributed by atoms with Gasteiger partial charge < -0.3 is 5.32 Å². The summed E-state index contributed by atoms with van der Waals surface area (Å²) in [4.78, 5) is 0. The molecule has 3 rings (SSSR count). The highest BCUT2D eigenvalue weighted by atomic mass is 79.9. The predicted octanol–water partition coefficient (Wildman–Crippen LogP) is 5.93. The summed E-state index contributed by atoms with van der Waals surface area (Å²) in [5.41, 5.74) is 3.29. The summed E-state index contributed by atoms with van der Waals surface area (Å²) in [5, 5.41) is 4.46. The normalized spacial score (nSPS) is 12.6. The van der Waals surface area contributed by atoms with E-state index in [1.807, 2.05) is 12.1 Å². The molecule has 0 saturated heterocycles. The average Bonchev–Trinajstić information content (AvgIpc) is 2.93. The maximum absolute atomic E-state index is 6.31. The molecule has 7 heteroatoms. The summed E-state index contributed by atoms with van der Waals surface area (Å²) in [6.07, 6.45) is 0. The minimum absolute atomic E-state index is 0.0751. The molecule has 1 heterocycles. The van der Waals surface area contributed by atoms with Gasteiger partial charge in [-0.25, -0.2) is 0 Å². The summed E-state index contributed by atoms with van der Waals surface area (Å²) >= 11 is 17.1. The second kappa shape index (κ2) is 6.08. The number of halogens is 3. The molecule has 1 unspecified atom stereocenters. The first-order valence-electron chi connectivity index (χ1n) is 6.18. The number of aromatic nitrogens is 2. The predicted molar refractivity (Wildman–Crippen MR) is 93.6 cm³/mol. The van der Waals surface area contributed by atoms with E-state index in [1.54, 1.807) is 6.07 Å². The molecule has 0 fully saturated rings. The molecule has 0 aliphatic heterocycles. The fraction of sp³-hybridized carbons (Fsp3) is 0.143. The van der Waals surface area contributed by atoms with E-state index in [0.717, 1.165) is 27.5 Å². The lowest BCUT2D eigenvalue weighted by atomic mass is 10.1. The maximum atomic E-state index is 6.31. The van der Waals surface area contributed by atoms with Crippen LogP contribution in [0.25, 0.3) is 11.0 Å². The molecular weight excluding hydrogens is 393 g/mol. The van der Waals surface area contributed by atoms with Gasteiger partial charge in [0.1, 0.15) is 11.0 Å². The van der Waals surface area contributed by atoms with Gasteiger partial charge >= 0.3 is 0 Å². The van der Waals surface area contributed by atoms with Crippen LogP contribution in [0.2, 0.25) is 10.0 Å². The molecule has 0 aliphatic carbocycles. The molecule has 0 amide bonds. The van der Waals surface area contributed by atoms with Gasteiger partial charge in [-0.3, -0.25) is 0 Å². The number of nitrogens with zero attached hydrogens (tertiary/aromatic N) is 2. The molecule has 3 aromatic rings. The first kappa shape index (κ1) is 15.0. The SMILES string of the molecule is CC(Nc1c(Cl)cc(Cl)c2nsnc12)c1cccc(Br)c1. The molecule has 1 aromatic heterocycles. The first-order chi connectivity index (χ1) is 10.1. The second-order valence-corrected chi connectivity index (χ2v) is 6.86. The van der Waals surface area contributed by atoms with E-state index >= 15 is 0 Å². The zero-order chi connectivity index (χ0) is 15.0. The largest absolute Gasteiger partial charge is 0.375 e. The lowest BCUT2D eigenvalue weighted by molar-refractivity contribution is 0.885. The van der Waals surface area contributed by atoms with Crippen LogP contribution in [-0.2, 0) is 0 Å². The number of hydrogen-bond donors (Lipinski definition) is 1. The third-order valence-corrected chi connectivity index (χ3v) is 4.76. The van der Waals surface area contributed by atoms with E-state index in [0.29, 0.717) is 21.1 Å². The van der Waals surface area contributed by atoms with Crippen molar-refractivity contribution in [3.8, 4) is 0 Å². The van der Waals surface area contributed by atoms with Crippen molar-refractivity contribution in [1.82, 2.24) is 8.75 Å². The molecule has 21 heavy (non-hydrogen) atoms. The van der Waals surface area contributed by atoms with Crippen molar-refractivity contribution in [2.75, 3.05) is 5.32 Å². The van der Waals surface area contributed by atoms with E-state index in [1.165, 1.54) is 0 Å². The molecule has 0 radical (unpaired) electrons. The molecule has 1 N–H and O–H groups in total. The van der Waals surface area contributed by atoms with Gasteiger partial charge in [0.2, 0.25) is 0 Å². The Balaban J connectivity index is 2.00. The molecule has 1 atom stereocenters. The number of anilines is 1.